The average Bonchev–Trinajstić information content (AvgIpc) is 3.29. The van der Waals surface area contributed by atoms with Crippen LogP contribution in [-0.4, -0.2) is 94.1 Å². The molecule has 1 saturated heterocycles. The Morgan fingerprint density at radius 1 is 1.00 bits per heavy atom. The van der Waals surface area contributed by atoms with E-state index in [2.05, 4.69) is 39.0 Å². The molecule has 5 aliphatic rings. The molecular weight excluding hydrogens is 588 g/mol. The monoisotopic (exact) mass is 648 g/mol. The lowest BCUT2D eigenvalue weighted by Crippen LogP contribution is -2.66. The Bertz CT molecular complexity index is 1180. The number of ether oxygens (including phenoxy) is 3. The molecule has 1 heterocycles. The van der Waals surface area contributed by atoms with Crippen LogP contribution in [-0.2, 0) is 19.0 Å². The minimum Gasteiger partial charge on any atom is -0.394 e. The van der Waals surface area contributed by atoms with Gasteiger partial charge in [-0.15, -0.1) is 0 Å². The van der Waals surface area contributed by atoms with Crippen LogP contribution >= 0.6 is 0 Å². The standard InChI is InChI=1S/C37H60O9/c1-21(10-9-14-33(2,3)44-8)22-13-15-36(7)31-25(45-32-30(43)29(42)28(41)26(19-38)46-32)18-24-23(11-12-27(40)34(24,4)5)37(31,20-39)17-16-35(22,36)6/h9,14,18,20-23,25-32,38,40-43H,10-13,15-17,19H2,1-8H3/b14-9+/t21-,22?,23-,25+,26-,27+,28-,29+,30-,31+,32-,35-,36+,37-/m1/s1. The van der Waals surface area contributed by atoms with Gasteiger partial charge in [-0.3, -0.25) is 0 Å². The predicted molar refractivity (Wildman–Crippen MR) is 173 cm³/mol. The Morgan fingerprint density at radius 3 is 2.33 bits per heavy atom. The molecule has 4 aliphatic carbocycles. The van der Waals surface area contributed by atoms with E-state index in [0.717, 1.165) is 31.3 Å². The number of carbonyl (C=O) groups is 1. The quantitative estimate of drug-likeness (QED) is 0.185. The van der Waals surface area contributed by atoms with E-state index in [-0.39, 0.29) is 28.3 Å². The third kappa shape index (κ3) is 5.49. The van der Waals surface area contributed by atoms with Crippen LogP contribution in [0, 0.1) is 45.3 Å². The third-order valence-corrected chi connectivity index (χ3v) is 14.0. The number of aliphatic hydroxyl groups excluding tert-OH is 5. The molecule has 262 valence electrons. The van der Waals surface area contributed by atoms with Crippen molar-refractivity contribution in [3.63, 3.8) is 0 Å². The van der Waals surface area contributed by atoms with E-state index >= 15 is 0 Å². The largest absolute Gasteiger partial charge is 0.394 e. The van der Waals surface area contributed by atoms with Crippen LogP contribution in [0.1, 0.15) is 93.4 Å². The third-order valence-electron chi connectivity index (χ3n) is 14.0. The highest BCUT2D eigenvalue weighted by molar-refractivity contribution is 5.65. The summed E-state index contributed by atoms with van der Waals surface area (Å²) in [4.78, 5) is 13.7. The lowest BCUT2D eigenvalue weighted by Gasteiger charge is -2.66. The molecule has 5 rings (SSSR count). The average molecular weight is 649 g/mol. The van der Waals surface area contributed by atoms with Gasteiger partial charge in [0.25, 0.3) is 0 Å². The van der Waals surface area contributed by atoms with Crippen molar-refractivity contribution in [3.8, 4) is 0 Å². The number of allylic oxidation sites excluding steroid dienone is 1. The summed E-state index contributed by atoms with van der Waals surface area (Å²) in [6.07, 6.45) is 5.19. The molecule has 9 nitrogen and oxygen atoms in total. The molecule has 4 fully saturated rings. The molecule has 14 atom stereocenters. The molecule has 0 bridgehead atoms. The molecule has 0 spiro atoms. The fraction of sp³-hybridized carbons (Fsp3) is 0.865. The maximum Gasteiger partial charge on any atom is 0.187 e. The first-order valence-electron chi connectivity index (χ1n) is 17.5. The molecule has 0 amide bonds. The molecule has 1 aliphatic heterocycles. The summed E-state index contributed by atoms with van der Waals surface area (Å²) in [7, 11) is 1.72. The first kappa shape index (κ1) is 36.1. The highest BCUT2D eigenvalue weighted by Crippen LogP contribution is 2.75. The van der Waals surface area contributed by atoms with Crippen molar-refractivity contribution in [1.29, 1.82) is 0 Å². The van der Waals surface area contributed by atoms with Gasteiger partial charge in [0.2, 0.25) is 0 Å². The van der Waals surface area contributed by atoms with E-state index in [1.165, 1.54) is 6.29 Å². The summed E-state index contributed by atoms with van der Waals surface area (Å²) >= 11 is 0. The van der Waals surface area contributed by atoms with Crippen molar-refractivity contribution in [2.75, 3.05) is 13.7 Å². The molecular formula is C37H60O9. The number of hydrogen-bond donors (Lipinski definition) is 5. The van der Waals surface area contributed by atoms with Gasteiger partial charge in [-0.1, -0.05) is 58.4 Å². The van der Waals surface area contributed by atoms with E-state index in [9.17, 15) is 30.3 Å². The number of fused-ring (bicyclic) bond motifs is 5. The zero-order valence-electron chi connectivity index (χ0n) is 29.2. The van der Waals surface area contributed by atoms with Gasteiger partial charge in [0.1, 0.15) is 30.7 Å². The van der Waals surface area contributed by atoms with Gasteiger partial charge in [0.15, 0.2) is 6.29 Å². The lowest BCUT2D eigenvalue weighted by molar-refractivity contribution is -0.321. The fourth-order valence-corrected chi connectivity index (χ4v) is 10.8. The smallest absolute Gasteiger partial charge is 0.187 e. The second-order valence-electron chi connectivity index (χ2n) is 16.9. The second kappa shape index (κ2) is 12.6. The highest BCUT2D eigenvalue weighted by atomic mass is 16.7. The molecule has 0 radical (unpaired) electrons. The Balaban J connectivity index is 1.57. The van der Waals surface area contributed by atoms with Gasteiger partial charge in [-0.05, 0) is 87.4 Å². The number of aldehydes is 1. The maximum absolute atomic E-state index is 13.7. The van der Waals surface area contributed by atoms with E-state index < -0.39 is 60.4 Å². The Morgan fingerprint density at radius 2 is 1.70 bits per heavy atom. The van der Waals surface area contributed by atoms with Gasteiger partial charge >= 0.3 is 0 Å². The number of rotatable bonds is 9. The number of carbonyl (C=O) groups excluding carboxylic acids is 1. The van der Waals surface area contributed by atoms with E-state index in [4.69, 9.17) is 14.2 Å². The van der Waals surface area contributed by atoms with E-state index in [1.807, 2.05) is 27.7 Å². The summed E-state index contributed by atoms with van der Waals surface area (Å²) in [5.41, 5.74) is -1.05. The first-order valence-corrected chi connectivity index (χ1v) is 17.5. The van der Waals surface area contributed by atoms with Gasteiger partial charge in [-0.25, -0.2) is 0 Å². The fourth-order valence-electron chi connectivity index (χ4n) is 10.8. The van der Waals surface area contributed by atoms with Crippen molar-refractivity contribution < 1.29 is 44.5 Å². The SMILES string of the molecule is COC(C)(C)/C=C/C[C@@H](C)C1CC[C@@]2(C)[C@@H]3[C@@H](O[C@@H]4O[C@H](CO)[C@@H](O)[C@H](O)[C@H]4O)C=C4[C@@H](CC[C@H](O)C4(C)C)[C@]3(C=O)CC[C@]12C. The van der Waals surface area contributed by atoms with Gasteiger partial charge in [0.05, 0.1) is 24.4 Å². The highest BCUT2D eigenvalue weighted by Gasteiger charge is 2.71. The molecule has 0 aromatic rings. The van der Waals surface area contributed by atoms with Crippen LogP contribution in [0.25, 0.3) is 0 Å². The number of hydrogen-bond acceptors (Lipinski definition) is 9. The minimum absolute atomic E-state index is 0.0416. The molecule has 0 aromatic carbocycles. The van der Waals surface area contributed by atoms with Crippen LogP contribution in [0.3, 0.4) is 0 Å². The maximum atomic E-state index is 13.7. The molecule has 1 unspecified atom stereocenters. The molecule has 3 saturated carbocycles. The van der Waals surface area contributed by atoms with Crippen LogP contribution in [0.2, 0.25) is 0 Å². The second-order valence-corrected chi connectivity index (χ2v) is 16.9. The molecule has 5 N–H and O–H groups in total. The van der Waals surface area contributed by atoms with Gasteiger partial charge < -0.3 is 44.5 Å². The van der Waals surface area contributed by atoms with Crippen molar-refractivity contribution in [2.45, 2.75) is 142 Å². The van der Waals surface area contributed by atoms with Crippen LogP contribution in [0.4, 0.5) is 0 Å². The first-order chi connectivity index (χ1) is 21.4. The van der Waals surface area contributed by atoms with E-state index in [1.54, 1.807) is 7.11 Å². The van der Waals surface area contributed by atoms with Crippen molar-refractivity contribution in [1.82, 2.24) is 0 Å². The van der Waals surface area contributed by atoms with Crippen molar-refractivity contribution >= 4 is 6.29 Å². The lowest BCUT2D eigenvalue weighted by atomic mass is 9.38. The van der Waals surface area contributed by atoms with Crippen LogP contribution in [0.5, 0.6) is 0 Å². The van der Waals surface area contributed by atoms with Crippen molar-refractivity contribution in [3.05, 3.63) is 23.8 Å². The molecule has 46 heavy (non-hydrogen) atoms. The van der Waals surface area contributed by atoms with E-state index in [0.29, 0.717) is 31.1 Å². The number of aliphatic hydroxyl groups is 5. The van der Waals surface area contributed by atoms with Crippen molar-refractivity contribution in [2.24, 2.45) is 45.3 Å². The summed E-state index contributed by atoms with van der Waals surface area (Å²) in [6, 6.07) is 0. The van der Waals surface area contributed by atoms with Crippen LogP contribution < -0.4 is 0 Å². The minimum atomic E-state index is -1.57. The zero-order valence-corrected chi connectivity index (χ0v) is 29.2. The number of methoxy groups -OCH3 is 1. The Hall–Kier alpha value is -1.17. The Kier molecular flexibility index (Phi) is 9.91. The summed E-state index contributed by atoms with van der Waals surface area (Å²) in [5, 5.41) is 53.1. The van der Waals surface area contributed by atoms with Gasteiger partial charge in [-0.2, -0.15) is 0 Å². The van der Waals surface area contributed by atoms with Crippen LogP contribution in [0.15, 0.2) is 23.8 Å². The molecule has 0 aromatic heterocycles. The Labute approximate surface area is 275 Å². The summed E-state index contributed by atoms with van der Waals surface area (Å²) in [6.45, 7) is 14.7. The normalized spacial score (nSPS) is 47.9. The zero-order chi connectivity index (χ0) is 34.0. The summed E-state index contributed by atoms with van der Waals surface area (Å²) < 4.78 is 18.2. The predicted octanol–water partition coefficient (Wildman–Crippen LogP) is 3.93. The van der Waals surface area contributed by atoms with Gasteiger partial charge in [0, 0.05) is 23.9 Å². The topological polar surface area (TPSA) is 146 Å². The molecule has 9 heteroatoms. The summed E-state index contributed by atoms with van der Waals surface area (Å²) in [5.74, 6) is 0.534.